The fourth-order valence-electron chi connectivity index (χ4n) is 2.51. The van der Waals surface area contributed by atoms with Crippen molar-refractivity contribution in [3.8, 4) is 0 Å². The maximum atomic E-state index is 12.1. The van der Waals surface area contributed by atoms with E-state index in [-0.39, 0.29) is 11.9 Å². The van der Waals surface area contributed by atoms with Crippen molar-refractivity contribution in [3.63, 3.8) is 0 Å². The van der Waals surface area contributed by atoms with Gasteiger partial charge < -0.3 is 20.6 Å². The lowest BCUT2D eigenvalue weighted by Crippen LogP contribution is -2.50. The molecule has 3 N–H and O–H groups in total. The van der Waals surface area contributed by atoms with Gasteiger partial charge in [-0.2, -0.15) is 0 Å². The van der Waals surface area contributed by atoms with E-state index in [2.05, 4.69) is 10.6 Å². The highest BCUT2D eigenvalue weighted by Crippen LogP contribution is 2.12. The lowest BCUT2D eigenvalue weighted by Gasteiger charge is -2.33. The smallest absolute Gasteiger partial charge is 0.317 e. The van der Waals surface area contributed by atoms with Gasteiger partial charge >= 0.3 is 12.0 Å². The third kappa shape index (κ3) is 5.36. The first-order valence-electron chi connectivity index (χ1n) is 7.54. The number of nitrogens with zero attached hydrogens (tertiary/aromatic N) is 1. The van der Waals surface area contributed by atoms with E-state index in [9.17, 15) is 9.59 Å². The lowest BCUT2D eigenvalue weighted by atomic mass is 10.1. The molecule has 0 bridgehead atoms. The maximum absolute atomic E-state index is 12.1. The van der Waals surface area contributed by atoms with Crippen molar-refractivity contribution in [2.45, 2.75) is 45.6 Å². The predicted octanol–water partition coefficient (Wildman–Crippen LogP) is 1.27. The highest BCUT2D eigenvalue weighted by atomic mass is 16.4. The minimum absolute atomic E-state index is 0.0256. The van der Waals surface area contributed by atoms with E-state index in [1.807, 2.05) is 11.8 Å². The van der Waals surface area contributed by atoms with Crippen LogP contribution in [0.2, 0.25) is 0 Å². The van der Waals surface area contributed by atoms with Gasteiger partial charge in [-0.1, -0.05) is 6.92 Å². The zero-order valence-electron chi connectivity index (χ0n) is 12.5. The SMILES string of the molecule is CCN(C(=O)NCCCC(C)C(=O)O)C1CCNCC1. The van der Waals surface area contributed by atoms with Gasteiger partial charge in [0, 0.05) is 19.1 Å². The molecule has 0 aromatic rings. The van der Waals surface area contributed by atoms with E-state index in [1.165, 1.54) is 0 Å². The van der Waals surface area contributed by atoms with Crippen LogP contribution in [0.25, 0.3) is 0 Å². The molecule has 1 aliphatic heterocycles. The van der Waals surface area contributed by atoms with Crippen LogP contribution >= 0.6 is 0 Å². The fraction of sp³-hybridized carbons (Fsp3) is 0.857. The number of rotatable bonds is 7. The predicted molar refractivity (Wildman–Crippen MR) is 77.7 cm³/mol. The number of piperidine rings is 1. The average molecular weight is 285 g/mol. The number of nitrogens with one attached hydrogen (secondary N) is 2. The maximum Gasteiger partial charge on any atom is 0.317 e. The van der Waals surface area contributed by atoms with Gasteiger partial charge in [0.25, 0.3) is 0 Å². The van der Waals surface area contributed by atoms with Gasteiger partial charge in [0.1, 0.15) is 0 Å². The number of carboxylic acids is 1. The van der Waals surface area contributed by atoms with Crippen LogP contribution in [-0.4, -0.2) is 54.2 Å². The Balaban J connectivity index is 2.27. The summed E-state index contributed by atoms with van der Waals surface area (Å²) in [6.07, 6.45) is 3.28. The number of carbonyl (C=O) groups is 2. The van der Waals surface area contributed by atoms with Crippen molar-refractivity contribution in [2.75, 3.05) is 26.2 Å². The normalized spacial score (nSPS) is 17.5. The van der Waals surface area contributed by atoms with Crippen molar-refractivity contribution in [2.24, 2.45) is 5.92 Å². The molecular formula is C14H27N3O3. The van der Waals surface area contributed by atoms with Gasteiger partial charge in [-0.3, -0.25) is 4.79 Å². The molecule has 1 heterocycles. The summed E-state index contributed by atoms with van der Waals surface area (Å²) in [6, 6.07) is 0.293. The van der Waals surface area contributed by atoms with Crippen LogP contribution in [0.4, 0.5) is 4.79 Å². The molecular weight excluding hydrogens is 258 g/mol. The number of urea groups is 1. The van der Waals surface area contributed by atoms with E-state index in [0.29, 0.717) is 32.0 Å². The van der Waals surface area contributed by atoms with Crippen molar-refractivity contribution in [1.29, 1.82) is 0 Å². The van der Waals surface area contributed by atoms with Crippen molar-refractivity contribution < 1.29 is 14.7 Å². The minimum Gasteiger partial charge on any atom is -0.481 e. The van der Waals surface area contributed by atoms with E-state index < -0.39 is 5.97 Å². The third-order valence-electron chi connectivity index (χ3n) is 3.86. The summed E-state index contributed by atoms with van der Waals surface area (Å²) in [4.78, 5) is 24.7. The Kier molecular flexibility index (Phi) is 7.36. The van der Waals surface area contributed by atoms with E-state index >= 15 is 0 Å². The standard InChI is InChI=1S/C14H27N3O3/c1-3-17(12-6-9-15-10-7-12)14(20)16-8-4-5-11(2)13(18)19/h11-12,15H,3-10H2,1-2H3,(H,16,20)(H,18,19). The molecule has 1 fully saturated rings. The van der Waals surface area contributed by atoms with Gasteiger partial charge in [-0.15, -0.1) is 0 Å². The summed E-state index contributed by atoms with van der Waals surface area (Å²) in [5, 5.41) is 15.0. The number of aliphatic carboxylic acids is 1. The average Bonchev–Trinajstić information content (AvgIpc) is 2.45. The second-order valence-electron chi connectivity index (χ2n) is 5.38. The summed E-state index contributed by atoms with van der Waals surface area (Å²) >= 11 is 0. The molecule has 1 aliphatic rings. The van der Waals surface area contributed by atoms with Gasteiger partial charge in [0.05, 0.1) is 5.92 Å². The van der Waals surface area contributed by atoms with Crippen LogP contribution in [0.15, 0.2) is 0 Å². The number of carbonyl (C=O) groups excluding carboxylic acids is 1. The van der Waals surface area contributed by atoms with E-state index in [4.69, 9.17) is 5.11 Å². The van der Waals surface area contributed by atoms with Crippen LogP contribution in [0.5, 0.6) is 0 Å². The van der Waals surface area contributed by atoms with Crippen LogP contribution in [-0.2, 0) is 4.79 Å². The summed E-state index contributed by atoms with van der Waals surface area (Å²) in [5.41, 5.74) is 0. The molecule has 1 saturated heterocycles. The van der Waals surface area contributed by atoms with Crippen molar-refractivity contribution in [3.05, 3.63) is 0 Å². The molecule has 0 aromatic carbocycles. The van der Waals surface area contributed by atoms with Gasteiger partial charge in [-0.25, -0.2) is 4.79 Å². The summed E-state index contributed by atoms with van der Waals surface area (Å²) in [6.45, 7) is 6.86. The zero-order valence-corrected chi connectivity index (χ0v) is 12.5. The zero-order chi connectivity index (χ0) is 15.0. The second kappa shape index (κ2) is 8.79. The van der Waals surface area contributed by atoms with Crippen LogP contribution in [0.3, 0.4) is 0 Å². The molecule has 0 saturated carbocycles. The Hall–Kier alpha value is -1.30. The lowest BCUT2D eigenvalue weighted by molar-refractivity contribution is -0.141. The molecule has 0 aromatic heterocycles. The molecule has 0 radical (unpaired) electrons. The molecule has 0 spiro atoms. The highest BCUT2D eigenvalue weighted by Gasteiger charge is 2.23. The largest absolute Gasteiger partial charge is 0.481 e. The number of hydrogen-bond donors (Lipinski definition) is 3. The fourth-order valence-corrected chi connectivity index (χ4v) is 2.51. The topological polar surface area (TPSA) is 81.7 Å². The van der Waals surface area contributed by atoms with E-state index in [0.717, 1.165) is 25.9 Å². The Labute approximate surface area is 120 Å². The van der Waals surface area contributed by atoms with E-state index in [1.54, 1.807) is 6.92 Å². The third-order valence-corrected chi connectivity index (χ3v) is 3.86. The molecule has 1 unspecified atom stereocenters. The molecule has 6 heteroatoms. The molecule has 20 heavy (non-hydrogen) atoms. The summed E-state index contributed by atoms with van der Waals surface area (Å²) in [7, 11) is 0. The molecule has 1 rings (SSSR count). The molecule has 2 amide bonds. The van der Waals surface area contributed by atoms with Crippen molar-refractivity contribution in [1.82, 2.24) is 15.5 Å². The molecule has 116 valence electrons. The molecule has 6 nitrogen and oxygen atoms in total. The summed E-state index contributed by atoms with van der Waals surface area (Å²) < 4.78 is 0. The Morgan fingerprint density at radius 1 is 1.40 bits per heavy atom. The first-order valence-corrected chi connectivity index (χ1v) is 7.54. The summed E-state index contributed by atoms with van der Waals surface area (Å²) in [5.74, 6) is -1.13. The minimum atomic E-state index is -0.777. The van der Waals surface area contributed by atoms with Crippen LogP contribution in [0, 0.1) is 5.92 Å². The Morgan fingerprint density at radius 2 is 2.05 bits per heavy atom. The van der Waals surface area contributed by atoms with Gasteiger partial charge in [0.15, 0.2) is 0 Å². The van der Waals surface area contributed by atoms with Gasteiger partial charge in [0.2, 0.25) is 0 Å². The molecule has 0 aliphatic carbocycles. The first-order chi connectivity index (χ1) is 9.56. The molecule has 1 atom stereocenters. The second-order valence-corrected chi connectivity index (χ2v) is 5.38. The first kappa shape index (κ1) is 16.8. The van der Waals surface area contributed by atoms with Gasteiger partial charge in [-0.05, 0) is 45.7 Å². The number of hydrogen-bond acceptors (Lipinski definition) is 3. The quantitative estimate of drug-likeness (QED) is 0.615. The van der Waals surface area contributed by atoms with Crippen LogP contribution < -0.4 is 10.6 Å². The Morgan fingerprint density at radius 3 is 2.60 bits per heavy atom. The highest BCUT2D eigenvalue weighted by molar-refractivity contribution is 5.74. The monoisotopic (exact) mass is 285 g/mol. The number of amides is 2. The Bertz CT molecular complexity index is 317. The number of carboxylic acid groups (broad SMARTS) is 1. The van der Waals surface area contributed by atoms with Crippen molar-refractivity contribution >= 4 is 12.0 Å². The van der Waals surface area contributed by atoms with Crippen LogP contribution in [0.1, 0.15) is 39.5 Å².